The first-order valence-electron chi connectivity index (χ1n) is 8.74. The van der Waals surface area contributed by atoms with Crippen molar-refractivity contribution in [3.8, 4) is 0 Å². The molecule has 1 amide bonds. The largest absolute Gasteiger partial charge is 0.340 e. The minimum Gasteiger partial charge on any atom is -0.340 e. The van der Waals surface area contributed by atoms with Crippen LogP contribution in [0.2, 0.25) is 5.02 Å². The maximum absolute atomic E-state index is 13.9. The van der Waals surface area contributed by atoms with Gasteiger partial charge in [-0.15, -0.1) is 0 Å². The van der Waals surface area contributed by atoms with Crippen molar-refractivity contribution in [1.29, 1.82) is 0 Å². The second-order valence-electron chi connectivity index (χ2n) is 6.83. The molecule has 6 heteroatoms. The Hall–Kier alpha value is -1.17. The highest BCUT2D eigenvalue weighted by molar-refractivity contribution is 6.31. The van der Waals surface area contributed by atoms with Gasteiger partial charge in [0.15, 0.2) is 0 Å². The van der Waals surface area contributed by atoms with Crippen LogP contribution in [0.25, 0.3) is 0 Å². The third kappa shape index (κ3) is 3.73. The first kappa shape index (κ1) is 17.6. The number of hydrogen-bond donors (Lipinski definition) is 1. The van der Waals surface area contributed by atoms with Gasteiger partial charge in [-0.1, -0.05) is 24.1 Å². The summed E-state index contributed by atoms with van der Waals surface area (Å²) in [6.45, 7) is 3.97. The number of nitrogens with zero attached hydrogens (tertiary/aromatic N) is 2. The fourth-order valence-electron chi connectivity index (χ4n) is 3.91. The monoisotopic (exact) mass is 353 g/mol. The molecule has 24 heavy (non-hydrogen) atoms. The second kappa shape index (κ2) is 7.81. The molecule has 2 fully saturated rings. The van der Waals surface area contributed by atoms with Crippen molar-refractivity contribution >= 4 is 17.5 Å². The molecule has 2 aliphatic rings. The Bertz CT molecular complexity index is 569. The molecule has 1 aromatic rings. The van der Waals surface area contributed by atoms with E-state index < -0.39 is 0 Å². The Morgan fingerprint density at radius 3 is 2.67 bits per heavy atom. The minimum atomic E-state index is -0.266. The van der Waals surface area contributed by atoms with Gasteiger partial charge < -0.3 is 10.6 Å². The number of benzene rings is 1. The molecule has 3 rings (SSSR count). The zero-order chi connectivity index (χ0) is 17.1. The second-order valence-corrected chi connectivity index (χ2v) is 7.24. The Balaban J connectivity index is 1.55. The summed E-state index contributed by atoms with van der Waals surface area (Å²) in [6.07, 6.45) is 3.13. The van der Waals surface area contributed by atoms with E-state index in [0.717, 1.165) is 32.4 Å². The Morgan fingerprint density at radius 1 is 1.25 bits per heavy atom. The van der Waals surface area contributed by atoms with Gasteiger partial charge in [-0.05, 0) is 37.4 Å². The van der Waals surface area contributed by atoms with E-state index in [2.05, 4.69) is 4.90 Å². The van der Waals surface area contributed by atoms with Crippen LogP contribution in [0.4, 0.5) is 4.39 Å². The number of amides is 1. The average molecular weight is 354 g/mol. The van der Waals surface area contributed by atoms with Gasteiger partial charge in [0.25, 0.3) is 0 Å². The molecule has 2 N–H and O–H groups in total. The molecule has 0 spiro atoms. The summed E-state index contributed by atoms with van der Waals surface area (Å²) in [4.78, 5) is 16.8. The fourth-order valence-corrected chi connectivity index (χ4v) is 4.13. The van der Waals surface area contributed by atoms with E-state index in [4.69, 9.17) is 17.3 Å². The molecule has 4 nitrogen and oxygen atoms in total. The zero-order valence-corrected chi connectivity index (χ0v) is 14.6. The van der Waals surface area contributed by atoms with Crippen molar-refractivity contribution in [2.75, 3.05) is 32.7 Å². The quantitative estimate of drug-likeness (QED) is 0.904. The van der Waals surface area contributed by atoms with E-state index in [1.807, 2.05) is 4.90 Å². The van der Waals surface area contributed by atoms with Gasteiger partial charge in [-0.25, -0.2) is 4.39 Å². The van der Waals surface area contributed by atoms with E-state index in [1.165, 1.54) is 6.07 Å². The molecular formula is C18H25ClFN3O. The Morgan fingerprint density at radius 2 is 2.00 bits per heavy atom. The van der Waals surface area contributed by atoms with Crippen molar-refractivity contribution in [2.45, 2.75) is 25.8 Å². The number of hydrogen-bond acceptors (Lipinski definition) is 3. The maximum Gasteiger partial charge on any atom is 0.226 e. The standard InChI is InChI=1S/C18H25ClFN3O/c19-16-5-2-6-17(20)15(16)12-22-7-9-23(10-8-22)18(24)14-4-1-3-13(14)11-21/h2,5-6,13-14H,1,3-4,7-12,21H2/t13-,14-/m1/s1. The van der Waals surface area contributed by atoms with Crippen molar-refractivity contribution in [2.24, 2.45) is 17.6 Å². The summed E-state index contributed by atoms with van der Waals surface area (Å²) < 4.78 is 13.9. The lowest BCUT2D eigenvalue weighted by atomic mass is 9.94. The molecule has 1 heterocycles. The number of carbonyl (C=O) groups excluding carboxylic acids is 1. The smallest absolute Gasteiger partial charge is 0.226 e. The highest BCUT2D eigenvalue weighted by Gasteiger charge is 2.35. The predicted molar refractivity (Wildman–Crippen MR) is 93.2 cm³/mol. The summed E-state index contributed by atoms with van der Waals surface area (Å²) in [5, 5.41) is 0.463. The summed E-state index contributed by atoms with van der Waals surface area (Å²) in [7, 11) is 0. The highest BCUT2D eigenvalue weighted by Crippen LogP contribution is 2.32. The van der Waals surface area contributed by atoms with Crippen LogP contribution in [0.5, 0.6) is 0 Å². The molecule has 1 aromatic carbocycles. The van der Waals surface area contributed by atoms with Crippen molar-refractivity contribution in [3.05, 3.63) is 34.6 Å². The number of carbonyl (C=O) groups is 1. The van der Waals surface area contributed by atoms with Gasteiger partial charge in [0.1, 0.15) is 5.82 Å². The highest BCUT2D eigenvalue weighted by atomic mass is 35.5. The fraction of sp³-hybridized carbons (Fsp3) is 0.611. The molecule has 0 unspecified atom stereocenters. The van der Waals surface area contributed by atoms with Crippen LogP contribution >= 0.6 is 11.6 Å². The van der Waals surface area contributed by atoms with E-state index in [9.17, 15) is 9.18 Å². The lowest BCUT2D eigenvalue weighted by Crippen LogP contribution is -2.50. The van der Waals surface area contributed by atoms with Crippen molar-refractivity contribution in [1.82, 2.24) is 9.80 Å². The topological polar surface area (TPSA) is 49.6 Å². The molecule has 132 valence electrons. The predicted octanol–water partition coefficient (Wildman–Crippen LogP) is 2.50. The Kier molecular flexibility index (Phi) is 5.74. The number of nitrogens with two attached hydrogens (primary N) is 1. The van der Waals surface area contributed by atoms with Crippen LogP contribution in [-0.4, -0.2) is 48.4 Å². The molecule has 1 aliphatic carbocycles. The molecule has 0 radical (unpaired) electrons. The molecule has 1 saturated heterocycles. The summed E-state index contributed by atoms with van der Waals surface area (Å²) in [5.41, 5.74) is 6.34. The number of rotatable bonds is 4. The molecular weight excluding hydrogens is 329 g/mol. The lowest BCUT2D eigenvalue weighted by molar-refractivity contribution is -0.138. The van der Waals surface area contributed by atoms with E-state index in [1.54, 1.807) is 12.1 Å². The zero-order valence-electron chi connectivity index (χ0n) is 13.9. The van der Waals surface area contributed by atoms with Gasteiger partial charge in [-0.3, -0.25) is 9.69 Å². The van der Waals surface area contributed by atoms with Crippen LogP contribution in [0.1, 0.15) is 24.8 Å². The average Bonchev–Trinajstić information content (AvgIpc) is 3.07. The SMILES string of the molecule is NC[C@H]1CCC[C@H]1C(=O)N1CCN(Cc2c(F)cccc2Cl)CC1. The first-order valence-corrected chi connectivity index (χ1v) is 9.12. The van der Waals surface area contributed by atoms with Gasteiger partial charge in [-0.2, -0.15) is 0 Å². The van der Waals surface area contributed by atoms with Gasteiger partial charge in [0.2, 0.25) is 5.91 Å². The maximum atomic E-state index is 13.9. The molecule has 0 bridgehead atoms. The summed E-state index contributed by atoms with van der Waals surface area (Å²) in [6, 6.07) is 4.77. The summed E-state index contributed by atoms with van der Waals surface area (Å²) in [5.74, 6) is 0.430. The third-order valence-electron chi connectivity index (χ3n) is 5.41. The molecule has 1 aliphatic heterocycles. The van der Waals surface area contributed by atoms with Gasteiger partial charge in [0.05, 0.1) is 0 Å². The van der Waals surface area contributed by atoms with E-state index in [0.29, 0.717) is 42.7 Å². The number of piperazine rings is 1. The van der Waals surface area contributed by atoms with Gasteiger partial charge in [0, 0.05) is 49.2 Å². The minimum absolute atomic E-state index is 0.0996. The van der Waals surface area contributed by atoms with Crippen LogP contribution < -0.4 is 5.73 Å². The van der Waals surface area contributed by atoms with Crippen molar-refractivity contribution in [3.63, 3.8) is 0 Å². The first-order chi connectivity index (χ1) is 11.6. The van der Waals surface area contributed by atoms with Crippen molar-refractivity contribution < 1.29 is 9.18 Å². The third-order valence-corrected chi connectivity index (χ3v) is 5.76. The van der Waals surface area contributed by atoms with Gasteiger partial charge >= 0.3 is 0 Å². The molecule has 0 aromatic heterocycles. The van der Waals surface area contributed by atoms with Crippen LogP contribution in [0, 0.1) is 17.7 Å². The molecule has 2 atom stereocenters. The van der Waals surface area contributed by atoms with Crippen LogP contribution in [0.15, 0.2) is 18.2 Å². The molecule has 1 saturated carbocycles. The van der Waals surface area contributed by atoms with Crippen LogP contribution in [-0.2, 0) is 11.3 Å². The summed E-state index contributed by atoms with van der Waals surface area (Å²) >= 11 is 6.10. The van der Waals surface area contributed by atoms with E-state index >= 15 is 0 Å². The number of halogens is 2. The lowest BCUT2D eigenvalue weighted by Gasteiger charge is -2.37. The van der Waals surface area contributed by atoms with E-state index in [-0.39, 0.29) is 17.6 Å². The normalized spacial score (nSPS) is 25.2. The Labute approximate surface area is 147 Å². The van der Waals surface area contributed by atoms with Crippen LogP contribution in [0.3, 0.4) is 0 Å².